The smallest absolute Gasteiger partial charge is 0.387 e. The molecule has 31 heavy (non-hydrogen) atoms. The Kier molecular flexibility index (Phi) is 11.3. The number of hydrogen-bond acceptors (Lipinski definition) is 3. The molecule has 0 heterocycles. The number of hydrogen-bond donors (Lipinski definition) is 2. The Morgan fingerprint density at radius 2 is 1.97 bits per heavy atom. The highest BCUT2D eigenvalue weighted by Gasteiger charge is 2.10. The number of benzene rings is 2. The maximum Gasteiger partial charge on any atom is 0.387 e. The molecule has 0 atom stereocenters. The molecule has 6 nitrogen and oxygen atoms in total. The molecule has 0 saturated carbocycles. The Labute approximate surface area is 198 Å². The summed E-state index contributed by atoms with van der Waals surface area (Å²) >= 11 is 0. The summed E-state index contributed by atoms with van der Waals surface area (Å²) in [6.45, 7) is 0.0773. The third-order valence-electron chi connectivity index (χ3n) is 3.95. The van der Waals surface area contributed by atoms with Crippen LogP contribution in [0.3, 0.4) is 0 Å². The number of halogens is 3. The lowest BCUT2D eigenvalue weighted by atomic mass is 10.2. The number of nitrogens with zero attached hydrogens (tertiary/aromatic N) is 2. The fourth-order valence-corrected chi connectivity index (χ4v) is 2.63. The number of amides is 1. The zero-order chi connectivity index (χ0) is 21.9. The van der Waals surface area contributed by atoms with Crippen molar-refractivity contribution in [2.24, 2.45) is 4.99 Å². The van der Waals surface area contributed by atoms with E-state index >= 15 is 0 Å². The fourth-order valence-electron chi connectivity index (χ4n) is 2.63. The Bertz CT molecular complexity index is 914. The van der Waals surface area contributed by atoms with Gasteiger partial charge in [0.1, 0.15) is 12.3 Å². The fraction of sp³-hybridized carbons (Fsp3) is 0.273. The predicted molar refractivity (Wildman–Crippen MR) is 129 cm³/mol. The van der Waals surface area contributed by atoms with E-state index < -0.39 is 6.61 Å². The zero-order valence-corrected chi connectivity index (χ0v) is 19.6. The van der Waals surface area contributed by atoms with E-state index in [1.807, 2.05) is 18.9 Å². The standard InChI is InChI=1S/C22H24F2N4O2.HI/c1-4-16-7-6-8-18(13-16)27-20(29)14-26-22(25-5-2)28(3)15-17-9-11-19(12-10-17)30-21(23)24;/h1,6-13,21H,5,14-15H2,2-3H3,(H,25,26)(H,27,29);1H. The summed E-state index contributed by atoms with van der Waals surface area (Å²) in [5.41, 5.74) is 2.16. The van der Waals surface area contributed by atoms with Crippen molar-refractivity contribution in [1.29, 1.82) is 0 Å². The van der Waals surface area contributed by atoms with Crippen LogP contribution in [-0.4, -0.2) is 43.5 Å². The molecule has 1 amide bonds. The van der Waals surface area contributed by atoms with Gasteiger partial charge in [-0.05, 0) is 42.8 Å². The topological polar surface area (TPSA) is 66.0 Å². The Morgan fingerprint density at radius 3 is 2.58 bits per heavy atom. The van der Waals surface area contributed by atoms with Crippen LogP contribution in [0.25, 0.3) is 0 Å². The Hall–Kier alpha value is -2.87. The Morgan fingerprint density at radius 1 is 1.26 bits per heavy atom. The highest BCUT2D eigenvalue weighted by atomic mass is 127. The van der Waals surface area contributed by atoms with Crippen molar-refractivity contribution in [3.63, 3.8) is 0 Å². The van der Waals surface area contributed by atoms with Crippen molar-refractivity contribution in [2.75, 3.05) is 25.5 Å². The van der Waals surface area contributed by atoms with Crippen LogP contribution < -0.4 is 15.4 Å². The molecule has 0 aliphatic rings. The van der Waals surface area contributed by atoms with Gasteiger partial charge in [0, 0.05) is 31.4 Å². The summed E-state index contributed by atoms with van der Waals surface area (Å²) in [4.78, 5) is 18.4. The minimum atomic E-state index is -2.86. The van der Waals surface area contributed by atoms with Crippen molar-refractivity contribution < 1.29 is 18.3 Å². The molecule has 0 aliphatic carbocycles. The van der Waals surface area contributed by atoms with Gasteiger partial charge in [0.05, 0.1) is 0 Å². The van der Waals surface area contributed by atoms with E-state index in [-0.39, 0.29) is 42.2 Å². The highest BCUT2D eigenvalue weighted by Crippen LogP contribution is 2.16. The third-order valence-corrected chi connectivity index (χ3v) is 3.95. The summed E-state index contributed by atoms with van der Waals surface area (Å²) in [6.07, 6.45) is 5.37. The molecule has 0 fully saturated rings. The van der Waals surface area contributed by atoms with Gasteiger partial charge in [0.25, 0.3) is 0 Å². The molecular formula is C22H25F2IN4O2. The van der Waals surface area contributed by atoms with Gasteiger partial charge in [0.15, 0.2) is 5.96 Å². The molecule has 0 radical (unpaired) electrons. The third kappa shape index (κ3) is 9.21. The highest BCUT2D eigenvalue weighted by molar-refractivity contribution is 14.0. The maximum absolute atomic E-state index is 12.3. The molecule has 166 valence electrons. The van der Waals surface area contributed by atoms with Gasteiger partial charge in [-0.1, -0.05) is 24.1 Å². The number of carbonyl (C=O) groups is 1. The van der Waals surface area contributed by atoms with Crippen molar-refractivity contribution in [3.8, 4) is 18.1 Å². The number of terminal acetylenes is 1. The molecule has 2 N–H and O–H groups in total. The number of guanidine groups is 1. The predicted octanol–water partition coefficient (Wildman–Crippen LogP) is 3.92. The molecule has 0 spiro atoms. The van der Waals surface area contributed by atoms with Crippen molar-refractivity contribution in [3.05, 3.63) is 59.7 Å². The van der Waals surface area contributed by atoms with Crippen molar-refractivity contribution >= 4 is 41.5 Å². The maximum atomic E-state index is 12.3. The van der Waals surface area contributed by atoms with Gasteiger partial charge in [-0.2, -0.15) is 8.78 Å². The van der Waals surface area contributed by atoms with Gasteiger partial charge < -0.3 is 20.3 Å². The van der Waals surface area contributed by atoms with Crippen molar-refractivity contribution in [2.45, 2.75) is 20.1 Å². The number of nitrogens with one attached hydrogen (secondary N) is 2. The summed E-state index contributed by atoms with van der Waals surface area (Å²) < 4.78 is 28.9. The van der Waals surface area contributed by atoms with Gasteiger partial charge in [-0.15, -0.1) is 30.4 Å². The molecular weight excluding hydrogens is 517 g/mol. The first-order chi connectivity index (χ1) is 14.4. The molecule has 2 aromatic rings. The normalized spacial score (nSPS) is 10.6. The average Bonchev–Trinajstić information content (AvgIpc) is 2.72. The number of anilines is 1. The lowest BCUT2D eigenvalue weighted by Gasteiger charge is -2.22. The van der Waals surface area contributed by atoms with Crippen molar-refractivity contribution in [1.82, 2.24) is 10.2 Å². The first kappa shape index (κ1) is 26.2. The largest absolute Gasteiger partial charge is 0.435 e. The summed E-state index contributed by atoms with van der Waals surface area (Å²) in [5.74, 6) is 2.88. The van der Waals surface area contributed by atoms with Crippen LogP contribution in [0.5, 0.6) is 5.75 Å². The minimum absolute atomic E-state index is 0. The number of rotatable bonds is 8. The molecule has 0 aliphatic heterocycles. The lowest BCUT2D eigenvalue weighted by Crippen LogP contribution is -2.39. The Balaban J connectivity index is 0.00000480. The second kappa shape index (κ2) is 13.4. The first-order valence-electron chi connectivity index (χ1n) is 9.31. The zero-order valence-electron chi connectivity index (χ0n) is 17.3. The monoisotopic (exact) mass is 542 g/mol. The molecule has 0 aromatic heterocycles. The van der Waals surface area contributed by atoms with Crippen LogP contribution >= 0.6 is 24.0 Å². The van der Waals surface area contributed by atoms with E-state index in [0.29, 0.717) is 30.3 Å². The molecule has 0 unspecified atom stereocenters. The van der Waals surface area contributed by atoms with Crippen LogP contribution in [0, 0.1) is 12.3 Å². The van der Waals surface area contributed by atoms with E-state index in [0.717, 1.165) is 5.56 Å². The second-order valence-electron chi connectivity index (χ2n) is 6.32. The van der Waals surface area contributed by atoms with Crippen LogP contribution in [-0.2, 0) is 11.3 Å². The van der Waals surface area contributed by atoms with Gasteiger partial charge >= 0.3 is 6.61 Å². The number of carbonyl (C=O) groups excluding carboxylic acids is 1. The summed E-state index contributed by atoms with van der Waals surface area (Å²) in [5, 5.41) is 5.88. The van der Waals surface area contributed by atoms with Crippen LogP contribution in [0.4, 0.5) is 14.5 Å². The number of alkyl halides is 2. The summed E-state index contributed by atoms with van der Waals surface area (Å²) in [6, 6.07) is 13.4. The number of ether oxygens (including phenoxy) is 1. The summed E-state index contributed by atoms with van der Waals surface area (Å²) in [7, 11) is 1.82. The lowest BCUT2D eigenvalue weighted by molar-refractivity contribution is -0.114. The SMILES string of the molecule is C#Cc1cccc(NC(=O)CN=C(NCC)N(C)Cc2ccc(OC(F)F)cc2)c1.I. The van der Waals surface area contributed by atoms with E-state index in [1.165, 1.54) is 12.1 Å². The second-order valence-corrected chi connectivity index (χ2v) is 6.32. The van der Waals surface area contributed by atoms with E-state index in [1.54, 1.807) is 36.4 Å². The molecule has 2 aromatic carbocycles. The van der Waals surface area contributed by atoms with Gasteiger partial charge in [-0.3, -0.25) is 4.79 Å². The van der Waals surface area contributed by atoms with Crippen LogP contribution in [0.15, 0.2) is 53.5 Å². The molecule has 0 bridgehead atoms. The van der Waals surface area contributed by atoms with E-state index in [9.17, 15) is 13.6 Å². The van der Waals surface area contributed by atoms with Crippen LogP contribution in [0.2, 0.25) is 0 Å². The molecule has 0 saturated heterocycles. The number of aliphatic imine (C=N–C) groups is 1. The van der Waals surface area contributed by atoms with Gasteiger partial charge in [0.2, 0.25) is 5.91 Å². The minimum Gasteiger partial charge on any atom is -0.435 e. The van der Waals surface area contributed by atoms with Crippen LogP contribution in [0.1, 0.15) is 18.1 Å². The average molecular weight is 542 g/mol. The van der Waals surface area contributed by atoms with Gasteiger partial charge in [-0.25, -0.2) is 4.99 Å². The van der Waals surface area contributed by atoms with E-state index in [2.05, 4.69) is 26.3 Å². The first-order valence-corrected chi connectivity index (χ1v) is 9.31. The molecule has 9 heteroatoms. The van der Waals surface area contributed by atoms with E-state index in [4.69, 9.17) is 6.42 Å². The quantitative estimate of drug-likeness (QED) is 0.230. The molecule has 2 rings (SSSR count).